The third-order valence-corrected chi connectivity index (χ3v) is 2.81. The fourth-order valence-corrected chi connectivity index (χ4v) is 2.00. The van der Waals surface area contributed by atoms with Gasteiger partial charge in [-0.15, -0.1) is 0 Å². The first kappa shape index (κ1) is 13.5. The molecule has 1 rings (SSSR count). The van der Waals surface area contributed by atoms with E-state index < -0.39 is 0 Å². The molecule has 16 heavy (non-hydrogen) atoms. The number of likely N-dealkylation sites (tertiary alicyclic amines) is 1. The Morgan fingerprint density at radius 3 is 2.94 bits per heavy atom. The van der Waals surface area contributed by atoms with Crippen molar-refractivity contribution in [3.8, 4) is 0 Å². The van der Waals surface area contributed by atoms with Crippen molar-refractivity contribution >= 4 is 5.91 Å². The summed E-state index contributed by atoms with van der Waals surface area (Å²) in [5.41, 5.74) is 0. The second-order valence-corrected chi connectivity index (χ2v) is 4.19. The van der Waals surface area contributed by atoms with Crippen molar-refractivity contribution in [3.63, 3.8) is 0 Å². The summed E-state index contributed by atoms with van der Waals surface area (Å²) < 4.78 is 5.40. The average molecular weight is 228 g/mol. The van der Waals surface area contributed by atoms with E-state index in [2.05, 4.69) is 12.2 Å². The molecule has 0 aromatic rings. The molecule has 0 aliphatic carbocycles. The number of nitrogens with one attached hydrogen (secondary N) is 1. The number of carbonyl (C=O) groups excluding carboxylic acids is 1. The minimum Gasteiger partial charge on any atom is -0.381 e. The molecule has 0 spiro atoms. The third kappa shape index (κ3) is 4.10. The zero-order chi connectivity index (χ0) is 11.8. The zero-order valence-electron chi connectivity index (χ0n) is 10.5. The van der Waals surface area contributed by atoms with Gasteiger partial charge in [-0.1, -0.05) is 13.8 Å². The van der Waals surface area contributed by atoms with Crippen LogP contribution in [0.5, 0.6) is 0 Å². The monoisotopic (exact) mass is 228 g/mol. The molecule has 0 saturated carbocycles. The van der Waals surface area contributed by atoms with Crippen molar-refractivity contribution in [1.82, 2.24) is 10.2 Å². The quantitative estimate of drug-likeness (QED) is 0.631. The minimum absolute atomic E-state index is 0.0570. The van der Waals surface area contributed by atoms with Gasteiger partial charge in [0.05, 0.1) is 6.04 Å². The molecule has 0 radical (unpaired) electrons. The van der Waals surface area contributed by atoms with Gasteiger partial charge >= 0.3 is 0 Å². The maximum absolute atomic E-state index is 11.8. The van der Waals surface area contributed by atoms with Gasteiger partial charge in [0.25, 0.3) is 0 Å². The van der Waals surface area contributed by atoms with Gasteiger partial charge in [0.2, 0.25) is 5.91 Å². The number of hydrogen-bond acceptors (Lipinski definition) is 3. The van der Waals surface area contributed by atoms with Crippen LogP contribution in [0.25, 0.3) is 0 Å². The van der Waals surface area contributed by atoms with Gasteiger partial charge in [0.1, 0.15) is 0 Å². The van der Waals surface area contributed by atoms with Crippen molar-refractivity contribution in [2.45, 2.75) is 39.2 Å². The van der Waals surface area contributed by atoms with Gasteiger partial charge in [-0.3, -0.25) is 4.79 Å². The highest BCUT2D eigenvalue weighted by Crippen LogP contribution is 2.11. The normalized spacial score (nSPS) is 20.8. The number of nitrogens with zero attached hydrogens (tertiary/aromatic N) is 1. The van der Waals surface area contributed by atoms with Gasteiger partial charge in [-0.05, 0) is 25.8 Å². The fourth-order valence-electron chi connectivity index (χ4n) is 2.00. The van der Waals surface area contributed by atoms with Crippen molar-refractivity contribution in [3.05, 3.63) is 0 Å². The summed E-state index contributed by atoms with van der Waals surface area (Å²) in [6.07, 6.45) is 2.96. The third-order valence-electron chi connectivity index (χ3n) is 2.81. The Morgan fingerprint density at radius 2 is 2.25 bits per heavy atom. The first-order chi connectivity index (χ1) is 7.79. The van der Waals surface area contributed by atoms with E-state index in [-0.39, 0.29) is 11.9 Å². The molecule has 1 fully saturated rings. The van der Waals surface area contributed by atoms with E-state index in [0.717, 1.165) is 52.1 Å². The SMILES string of the molecule is CCCOCCCN1CCC(NCC)C1=O. The molecule has 1 aliphatic heterocycles. The lowest BCUT2D eigenvalue weighted by molar-refractivity contribution is -0.129. The summed E-state index contributed by atoms with van der Waals surface area (Å²) in [4.78, 5) is 13.8. The van der Waals surface area contributed by atoms with Crippen LogP contribution in [0.1, 0.15) is 33.1 Å². The van der Waals surface area contributed by atoms with E-state index in [1.807, 2.05) is 11.8 Å². The van der Waals surface area contributed by atoms with Crippen LogP contribution in [0.3, 0.4) is 0 Å². The highest BCUT2D eigenvalue weighted by atomic mass is 16.5. The Bertz CT molecular complexity index is 209. The second-order valence-electron chi connectivity index (χ2n) is 4.19. The first-order valence-corrected chi connectivity index (χ1v) is 6.39. The maximum atomic E-state index is 11.8. The molecular formula is C12H24N2O2. The summed E-state index contributed by atoms with van der Waals surface area (Å²) in [7, 11) is 0. The van der Waals surface area contributed by atoms with Crippen molar-refractivity contribution in [2.24, 2.45) is 0 Å². The molecular weight excluding hydrogens is 204 g/mol. The summed E-state index contributed by atoms with van der Waals surface area (Å²) in [6, 6.07) is 0.0570. The van der Waals surface area contributed by atoms with Crippen LogP contribution in [0.4, 0.5) is 0 Å². The topological polar surface area (TPSA) is 41.6 Å². The van der Waals surface area contributed by atoms with Crippen LogP contribution >= 0.6 is 0 Å². The van der Waals surface area contributed by atoms with Crippen LogP contribution in [-0.4, -0.2) is 49.7 Å². The molecule has 1 amide bonds. The lowest BCUT2D eigenvalue weighted by Crippen LogP contribution is -2.38. The number of hydrogen-bond donors (Lipinski definition) is 1. The number of likely N-dealkylation sites (N-methyl/N-ethyl adjacent to an activating group) is 1. The van der Waals surface area contributed by atoms with E-state index in [4.69, 9.17) is 4.74 Å². The van der Waals surface area contributed by atoms with Crippen molar-refractivity contribution < 1.29 is 9.53 Å². The van der Waals surface area contributed by atoms with Crippen LogP contribution in [0, 0.1) is 0 Å². The Morgan fingerprint density at radius 1 is 1.44 bits per heavy atom. The molecule has 1 aliphatic rings. The smallest absolute Gasteiger partial charge is 0.239 e. The lowest BCUT2D eigenvalue weighted by atomic mass is 10.2. The van der Waals surface area contributed by atoms with E-state index >= 15 is 0 Å². The zero-order valence-corrected chi connectivity index (χ0v) is 10.5. The van der Waals surface area contributed by atoms with E-state index in [1.54, 1.807) is 0 Å². The number of rotatable bonds is 8. The van der Waals surface area contributed by atoms with E-state index in [0.29, 0.717) is 0 Å². The highest BCUT2D eigenvalue weighted by molar-refractivity contribution is 5.83. The maximum Gasteiger partial charge on any atom is 0.239 e. The molecule has 0 aromatic heterocycles. The first-order valence-electron chi connectivity index (χ1n) is 6.39. The number of carbonyl (C=O) groups is 1. The Hall–Kier alpha value is -0.610. The molecule has 1 heterocycles. The molecule has 1 saturated heterocycles. The molecule has 94 valence electrons. The predicted octanol–water partition coefficient (Wildman–Crippen LogP) is 1.01. The summed E-state index contributed by atoms with van der Waals surface area (Å²) in [5.74, 6) is 0.261. The van der Waals surface area contributed by atoms with Gasteiger partial charge < -0.3 is 15.0 Å². The molecule has 0 aromatic carbocycles. The summed E-state index contributed by atoms with van der Waals surface area (Å²) in [6.45, 7) is 8.33. The molecule has 0 bridgehead atoms. The second kappa shape index (κ2) is 7.63. The predicted molar refractivity (Wildman–Crippen MR) is 64.4 cm³/mol. The molecule has 1 unspecified atom stereocenters. The van der Waals surface area contributed by atoms with Crippen LogP contribution in [-0.2, 0) is 9.53 Å². The van der Waals surface area contributed by atoms with Crippen molar-refractivity contribution in [1.29, 1.82) is 0 Å². The van der Waals surface area contributed by atoms with Crippen molar-refractivity contribution in [2.75, 3.05) is 32.8 Å². The Balaban J connectivity index is 2.12. The van der Waals surface area contributed by atoms with Gasteiger partial charge in [-0.2, -0.15) is 0 Å². The minimum atomic E-state index is 0.0570. The highest BCUT2D eigenvalue weighted by Gasteiger charge is 2.29. The van der Waals surface area contributed by atoms with Gasteiger partial charge in [-0.25, -0.2) is 0 Å². The van der Waals surface area contributed by atoms with Crippen LogP contribution < -0.4 is 5.32 Å². The average Bonchev–Trinajstić information content (AvgIpc) is 2.62. The molecule has 4 heteroatoms. The number of amides is 1. The lowest BCUT2D eigenvalue weighted by Gasteiger charge is -2.16. The largest absolute Gasteiger partial charge is 0.381 e. The summed E-state index contributed by atoms with van der Waals surface area (Å²) >= 11 is 0. The molecule has 4 nitrogen and oxygen atoms in total. The molecule has 1 N–H and O–H groups in total. The number of ether oxygens (including phenoxy) is 1. The molecule has 1 atom stereocenters. The summed E-state index contributed by atoms with van der Waals surface area (Å²) in [5, 5.41) is 3.21. The standard InChI is InChI=1S/C12H24N2O2/c1-3-9-16-10-5-7-14-8-6-11(12(14)15)13-4-2/h11,13H,3-10H2,1-2H3. The van der Waals surface area contributed by atoms with Gasteiger partial charge in [0, 0.05) is 26.3 Å². The Labute approximate surface area is 98.3 Å². The van der Waals surface area contributed by atoms with Crippen LogP contribution in [0.15, 0.2) is 0 Å². The van der Waals surface area contributed by atoms with Crippen LogP contribution in [0.2, 0.25) is 0 Å². The Kier molecular flexibility index (Phi) is 6.42. The van der Waals surface area contributed by atoms with E-state index in [1.165, 1.54) is 0 Å². The van der Waals surface area contributed by atoms with Gasteiger partial charge in [0.15, 0.2) is 0 Å². The van der Waals surface area contributed by atoms with E-state index in [9.17, 15) is 4.79 Å². The fraction of sp³-hybridized carbons (Fsp3) is 0.917.